The van der Waals surface area contributed by atoms with Gasteiger partial charge in [-0.3, -0.25) is 4.79 Å². The van der Waals surface area contributed by atoms with Crippen LogP contribution in [0.25, 0.3) is 0 Å². The van der Waals surface area contributed by atoms with E-state index >= 15 is 0 Å². The number of carbonyl (C=O) groups is 1. The Morgan fingerprint density at radius 3 is 2.43 bits per heavy atom. The molecule has 0 saturated carbocycles. The highest BCUT2D eigenvalue weighted by Gasteiger charge is 2.25. The van der Waals surface area contributed by atoms with Crippen LogP contribution in [0.2, 0.25) is 0 Å². The van der Waals surface area contributed by atoms with Gasteiger partial charge in [-0.2, -0.15) is 0 Å². The van der Waals surface area contributed by atoms with Crippen molar-refractivity contribution >= 4 is 11.7 Å². The summed E-state index contributed by atoms with van der Waals surface area (Å²) in [5.74, 6) is 2.07. The first-order chi connectivity index (χ1) is 13.7. The molecule has 1 aromatic heterocycles. The van der Waals surface area contributed by atoms with Crippen LogP contribution in [0.15, 0.2) is 24.5 Å². The van der Waals surface area contributed by atoms with Gasteiger partial charge in [0.15, 0.2) is 11.5 Å². The number of fused-ring (bicyclic) bond motifs is 1. The summed E-state index contributed by atoms with van der Waals surface area (Å²) in [4.78, 5) is 25.5. The molecule has 0 bridgehead atoms. The van der Waals surface area contributed by atoms with Crippen LogP contribution in [0.1, 0.15) is 21.6 Å². The van der Waals surface area contributed by atoms with E-state index in [9.17, 15) is 4.79 Å². The Bertz CT molecular complexity index is 867. The number of anilines is 1. The predicted molar refractivity (Wildman–Crippen MR) is 103 cm³/mol. The Kier molecular flexibility index (Phi) is 5.29. The maximum atomic E-state index is 13.1. The van der Waals surface area contributed by atoms with Crippen LogP contribution in [-0.2, 0) is 17.7 Å². The lowest BCUT2D eigenvalue weighted by molar-refractivity contribution is 0.0728. The third kappa shape index (κ3) is 3.60. The van der Waals surface area contributed by atoms with E-state index in [1.165, 1.54) is 11.9 Å². The highest BCUT2D eigenvalue weighted by atomic mass is 16.5. The number of amides is 1. The molecule has 0 spiro atoms. The molecule has 4 rings (SSSR count). The van der Waals surface area contributed by atoms with Crippen molar-refractivity contribution in [1.29, 1.82) is 0 Å². The number of rotatable bonds is 4. The summed E-state index contributed by atoms with van der Waals surface area (Å²) >= 11 is 0. The molecule has 3 heterocycles. The molecule has 148 valence electrons. The number of methoxy groups -OCH3 is 2. The number of hydrogen-bond acceptors (Lipinski definition) is 7. The summed E-state index contributed by atoms with van der Waals surface area (Å²) in [5, 5.41) is 0. The zero-order valence-corrected chi connectivity index (χ0v) is 16.2. The fourth-order valence-corrected chi connectivity index (χ4v) is 3.65. The van der Waals surface area contributed by atoms with E-state index in [0.717, 1.165) is 30.9 Å². The monoisotopic (exact) mass is 384 g/mol. The second-order valence-electron chi connectivity index (χ2n) is 6.81. The van der Waals surface area contributed by atoms with Crippen LogP contribution in [0.3, 0.4) is 0 Å². The van der Waals surface area contributed by atoms with Gasteiger partial charge >= 0.3 is 0 Å². The summed E-state index contributed by atoms with van der Waals surface area (Å²) in [6.07, 6.45) is 2.23. The Morgan fingerprint density at radius 1 is 1.00 bits per heavy atom. The number of benzene rings is 1. The second-order valence-corrected chi connectivity index (χ2v) is 6.81. The van der Waals surface area contributed by atoms with Crippen molar-refractivity contribution in [2.45, 2.75) is 13.0 Å². The normalized spacial score (nSPS) is 16.5. The highest BCUT2D eigenvalue weighted by Crippen LogP contribution is 2.33. The molecule has 0 N–H and O–H groups in total. The van der Waals surface area contributed by atoms with E-state index in [1.807, 2.05) is 17.0 Å². The summed E-state index contributed by atoms with van der Waals surface area (Å²) < 4.78 is 16.2. The Labute approximate surface area is 164 Å². The minimum Gasteiger partial charge on any atom is -0.493 e. The lowest BCUT2D eigenvalue weighted by Gasteiger charge is -2.30. The molecule has 1 aromatic carbocycles. The molecule has 8 heteroatoms. The second kappa shape index (κ2) is 8.02. The largest absolute Gasteiger partial charge is 0.493 e. The molecule has 8 nitrogen and oxygen atoms in total. The van der Waals surface area contributed by atoms with E-state index in [-0.39, 0.29) is 5.91 Å². The number of carbonyl (C=O) groups excluding carboxylic acids is 1. The maximum absolute atomic E-state index is 13.1. The topological polar surface area (TPSA) is 77.0 Å². The smallest absolute Gasteiger partial charge is 0.272 e. The molecule has 2 aliphatic heterocycles. The fourth-order valence-electron chi connectivity index (χ4n) is 3.65. The van der Waals surface area contributed by atoms with E-state index in [1.54, 1.807) is 20.3 Å². The first-order valence-corrected chi connectivity index (χ1v) is 9.37. The molecule has 1 amide bonds. The molecule has 0 unspecified atom stereocenters. The van der Waals surface area contributed by atoms with Gasteiger partial charge in [0.2, 0.25) is 0 Å². The van der Waals surface area contributed by atoms with E-state index < -0.39 is 0 Å². The zero-order valence-electron chi connectivity index (χ0n) is 16.2. The molecule has 1 fully saturated rings. The Morgan fingerprint density at radius 2 is 1.71 bits per heavy atom. The van der Waals surface area contributed by atoms with Gasteiger partial charge in [-0.25, -0.2) is 9.97 Å². The number of morpholine rings is 1. The van der Waals surface area contributed by atoms with Gasteiger partial charge in [-0.15, -0.1) is 0 Å². The van der Waals surface area contributed by atoms with Crippen LogP contribution in [0, 0.1) is 0 Å². The van der Waals surface area contributed by atoms with Gasteiger partial charge in [0.05, 0.1) is 27.4 Å². The highest BCUT2D eigenvalue weighted by molar-refractivity contribution is 5.93. The van der Waals surface area contributed by atoms with Gasteiger partial charge in [0.25, 0.3) is 5.91 Å². The third-order valence-electron chi connectivity index (χ3n) is 5.21. The summed E-state index contributed by atoms with van der Waals surface area (Å²) in [7, 11) is 3.24. The van der Waals surface area contributed by atoms with Crippen LogP contribution >= 0.6 is 0 Å². The van der Waals surface area contributed by atoms with Crippen molar-refractivity contribution in [3.63, 3.8) is 0 Å². The standard InChI is InChI=1S/C20H24N4O4/c1-26-17-9-14-3-4-24(12-15(14)10-18(17)27-2)20(25)16-11-19(22-13-21-16)23-5-7-28-8-6-23/h9-11,13H,3-8,12H2,1-2H3. The van der Waals surface area contributed by atoms with Gasteiger partial charge < -0.3 is 24.0 Å². The summed E-state index contributed by atoms with van der Waals surface area (Å²) in [6.45, 7) is 4.03. The molecular formula is C20H24N4O4. The van der Waals surface area contributed by atoms with Gasteiger partial charge in [0.1, 0.15) is 17.8 Å². The zero-order chi connectivity index (χ0) is 19.5. The van der Waals surface area contributed by atoms with Crippen molar-refractivity contribution in [2.75, 3.05) is 52.0 Å². The first kappa shape index (κ1) is 18.5. The molecule has 0 radical (unpaired) electrons. The Hall–Kier alpha value is -2.87. The van der Waals surface area contributed by atoms with E-state index in [4.69, 9.17) is 14.2 Å². The summed E-state index contributed by atoms with van der Waals surface area (Å²) in [5.41, 5.74) is 2.67. The van der Waals surface area contributed by atoms with Gasteiger partial charge in [-0.05, 0) is 29.7 Å². The lowest BCUT2D eigenvalue weighted by Crippen LogP contribution is -2.38. The fraction of sp³-hybridized carbons (Fsp3) is 0.450. The van der Waals surface area contributed by atoms with Crippen LogP contribution in [0.4, 0.5) is 5.82 Å². The average Bonchev–Trinajstić information content (AvgIpc) is 2.77. The van der Waals surface area contributed by atoms with E-state index in [2.05, 4.69) is 14.9 Å². The molecule has 0 atom stereocenters. The van der Waals surface area contributed by atoms with Crippen LogP contribution in [-0.4, -0.2) is 67.8 Å². The third-order valence-corrected chi connectivity index (χ3v) is 5.21. The molecule has 2 aromatic rings. The Balaban J connectivity index is 1.53. The SMILES string of the molecule is COc1cc2c(cc1OC)CN(C(=O)c1cc(N3CCOCC3)ncn1)CC2. The van der Waals surface area contributed by atoms with Crippen molar-refractivity contribution in [3.05, 3.63) is 41.3 Å². The number of nitrogens with zero attached hydrogens (tertiary/aromatic N) is 4. The van der Waals surface area contributed by atoms with Crippen molar-refractivity contribution in [1.82, 2.24) is 14.9 Å². The number of hydrogen-bond donors (Lipinski definition) is 0. The number of aromatic nitrogens is 2. The minimum atomic E-state index is -0.0858. The molecule has 28 heavy (non-hydrogen) atoms. The molecule has 1 saturated heterocycles. The number of ether oxygens (including phenoxy) is 3. The molecule has 0 aliphatic carbocycles. The van der Waals surface area contributed by atoms with Gasteiger partial charge in [-0.1, -0.05) is 0 Å². The van der Waals surface area contributed by atoms with Crippen LogP contribution < -0.4 is 14.4 Å². The van der Waals surface area contributed by atoms with Crippen molar-refractivity contribution in [2.24, 2.45) is 0 Å². The van der Waals surface area contributed by atoms with Crippen molar-refractivity contribution < 1.29 is 19.0 Å². The minimum absolute atomic E-state index is 0.0858. The first-order valence-electron chi connectivity index (χ1n) is 9.37. The van der Waals surface area contributed by atoms with Crippen LogP contribution in [0.5, 0.6) is 11.5 Å². The average molecular weight is 384 g/mol. The van der Waals surface area contributed by atoms with Gasteiger partial charge in [0, 0.05) is 32.2 Å². The molecule has 2 aliphatic rings. The lowest BCUT2D eigenvalue weighted by atomic mass is 9.98. The quantitative estimate of drug-likeness (QED) is 0.791. The van der Waals surface area contributed by atoms with E-state index in [0.29, 0.717) is 43.5 Å². The predicted octanol–water partition coefficient (Wildman–Crippen LogP) is 1.53. The van der Waals surface area contributed by atoms with Crippen molar-refractivity contribution in [3.8, 4) is 11.5 Å². The molecular weight excluding hydrogens is 360 g/mol. The summed E-state index contributed by atoms with van der Waals surface area (Å²) in [6, 6.07) is 5.72. The maximum Gasteiger partial charge on any atom is 0.272 e.